The molecule has 84 valence electrons. The number of halogens is 3. The largest absolute Gasteiger partial charge is 0.418 e. The molecule has 0 bridgehead atoms. The van der Waals surface area contributed by atoms with Gasteiger partial charge >= 0.3 is 6.18 Å². The molecule has 0 aliphatic rings. The fourth-order valence-corrected chi connectivity index (χ4v) is 1.18. The van der Waals surface area contributed by atoms with Gasteiger partial charge in [-0.1, -0.05) is 6.92 Å². The summed E-state index contributed by atoms with van der Waals surface area (Å²) < 4.78 is 37.3. The second-order valence-electron chi connectivity index (χ2n) is 3.23. The summed E-state index contributed by atoms with van der Waals surface area (Å²) in [5.41, 5.74) is 4.67. The highest BCUT2D eigenvalue weighted by Crippen LogP contribution is 2.34. The molecule has 3 N–H and O–H groups in total. The lowest BCUT2D eigenvalue weighted by Gasteiger charge is -2.12. The van der Waals surface area contributed by atoms with Gasteiger partial charge in [-0.05, 0) is 24.6 Å². The Balaban J connectivity index is 2.95. The van der Waals surface area contributed by atoms with Crippen LogP contribution in [0.25, 0.3) is 0 Å². The van der Waals surface area contributed by atoms with E-state index in [1.807, 2.05) is 6.92 Å². The topological polar surface area (TPSA) is 38.0 Å². The van der Waals surface area contributed by atoms with Crippen LogP contribution in [0.3, 0.4) is 0 Å². The second kappa shape index (κ2) is 4.42. The van der Waals surface area contributed by atoms with Gasteiger partial charge in [-0.25, -0.2) is 0 Å². The fraction of sp³-hybridized carbons (Fsp3) is 0.400. The van der Waals surface area contributed by atoms with Gasteiger partial charge in [0.1, 0.15) is 0 Å². The standard InChI is InChI=1S/C10H13F3N2/c1-2-5-15-7-3-4-9(14)8(6-7)10(11,12)13/h3-4,6,15H,2,5,14H2,1H3. The number of nitrogen functional groups attached to an aromatic ring is 1. The first-order valence-corrected chi connectivity index (χ1v) is 4.65. The van der Waals surface area contributed by atoms with E-state index >= 15 is 0 Å². The maximum Gasteiger partial charge on any atom is 0.418 e. The average Bonchev–Trinajstić information content (AvgIpc) is 2.15. The van der Waals surface area contributed by atoms with Crippen molar-refractivity contribution >= 4 is 11.4 Å². The lowest BCUT2D eigenvalue weighted by Crippen LogP contribution is -2.10. The van der Waals surface area contributed by atoms with Crippen LogP contribution in [0.4, 0.5) is 24.5 Å². The number of alkyl halides is 3. The summed E-state index contributed by atoms with van der Waals surface area (Å²) in [4.78, 5) is 0. The van der Waals surface area contributed by atoms with Crippen molar-refractivity contribution in [3.63, 3.8) is 0 Å². The highest BCUT2D eigenvalue weighted by molar-refractivity contribution is 5.58. The molecule has 0 atom stereocenters. The average molecular weight is 218 g/mol. The van der Waals surface area contributed by atoms with Gasteiger partial charge in [0.05, 0.1) is 5.56 Å². The summed E-state index contributed by atoms with van der Waals surface area (Å²) in [5.74, 6) is 0. The molecule has 1 rings (SSSR count). The van der Waals surface area contributed by atoms with E-state index in [9.17, 15) is 13.2 Å². The molecular weight excluding hydrogens is 205 g/mol. The highest BCUT2D eigenvalue weighted by Gasteiger charge is 2.33. The fourth-order valence-electron chi connectivity index (χ4n) is 1.18. The van der Waals surface area contributed by atoms with E-state index in [0.717, 1.165) is 12.5 Å². The third kappa shape index (κ3) is 3.04. The number of nitrogens with one attached hydrogen (secondary N) is 1. The van der Waals surface area contributed by atoms with Gasteiger partial charge in [-0.3, -0.25) is 0 Å². The SMILES string of the molecule is CCCNc1ccc(N)c(C(F)(F)F)c1. The Morgan fingerprint density at radius 3 is 2.53 bits per heavy atom. The Bertz CT molecular complexity index is 334. The molecular formula is C10H13F3N2. The van der Waals surface area contributed by atoms with Crippen LogP contribution in [0, 0.1) is 0 Å². The molecule has 0 saturated heterocycles. The molecule has 15 heavy (non-hydrogen) atoms. The van der Waals surface area contributed by atoms with Crippen LogP contribution < -0.4 is 11.1 Å². The maximum absolute atomic E-state index is 12.4. The smallest absolute Gasteiger partial charge is 0.398 e. The number of rotatable bonds is 3. The van der Waals surface area contributed by atoms with Crippen molar-refractivity contribution < 1.29 is 13.2 Å². The number of anilines is 2. The van der Waals surface area contributed by atoms with Crippen LogP contribution in [0.1, 0.15) is 18.9 Å². The monoisotopic (exact) mass is 218 g/mol. The summed E-state index contributed by atoms with van der Waals surface area (Å²) in [6, 6.07) is 3.84. The third-order valence-corrected chi connectivity index (χ3v) is 1.94. The van der Waals surface area contributed by atoms with E-state index in [0.29, 0.717) is 12.2 Å². The molecule has 0 saturated carbocycles. The zero-order valence-corrected chi connectivity index (χ0v) is 8.36. The Morgan fingerprint density at radius 1 is 1.33 bits per heavy atom. The first-order valence-electron chi connectivity index (χ1n) is 4.65. The summed E-state index contributed by atoms with van der Waals surface area (Å²) in [6.07, 6.45) is -3.54. The normalized spacial score (nSPS) is 11.5. The first kappa shape index (κ1) is 11.7. The van der Waals surface area contributed by atoms with Crippen molar-refractivity contribution in [2.24, 2.45) is 0 Å². The van der Waals surface area contributed by atoms with Gasteiger partial charge in [-0.15, -0.1) is 0 Å². The molecule has 0 radical (unpaired) electrons. The molecule has 1 aromatic carbocycles. The van der Waals surface area contributed by atoms with Gasteiger partial charge in [0, 0.05) is 17.9 Å². The minimum absolute atomic E-state index is 0.246. The van der Waals surface area contributed by atoms with E-state index in [2.05, 4.69) is 5.32 Å². The third-order valence-electron chi connectivity index (χ3n) is 1.94. The minimum atomic E-state index is -4.39. The summed E-state index contributed by atoms with van der Waals surface area (Å²) in [7, 11) is 0. The maximum atomic E-state index is 12.4. The lowest BCUT2D eigenvalue weighted by atomic mass is 10.1. The molecule has 0 fully saturated rings. The molecule has 0 aromatic heterocycles. The van der Waals surface area contributed by atoms with Crippen molar-refractivity contribution in [2.75, 3.05) is 17.6 Å². The van der Waals surface area contributed by atoms with E-state index < -0.39 is 11.7 Å². The number of benzene rings is 1. The van der Waals surface area contributed by atoms with E-state index in [4.69, 9.17) is 5.73 Å². The van der Waals surface area contributed by atoms with Gasteiger partial charge in [-0.2, -0.15) is 13.2 Å². The molecule has 0 aliphatic carbocycles. The van der Waals surface area contributed by atoms with Crippen molar-refractivity contribution in [1.29, 1.82) is 0 Å². The number of hydrogen-bond donors (Lipinski definition) is 2. The van der Waals surface area contributed by atoms with Crippen molar-refractivity contribution in [3.05, 3.63) is 23.8 Å². The number of hydrogen-bond acceptors (Lipinski definition) is 2. The van der Waals surface area contributed by atoms with Crippen molar-refractivity contribution in [2.45, 2.75) is 19.5 Å². The molecule has 5 heteroatoms. The van der Waals surface area contributed by atoms with Gasteiger partial charge < -0.3 is 11.1 Å². The summed E-state index contributed by atoms with van der Waals surface area (Å²) in [5, 5.41) is 2.88. The van der Waals surface area contributed by atoms with Crippen LogP contribution in [0.2, 0.25) is 0 Å². The highest BCUT2D eigenvalue weighted by atomic mass is 19.4. The van der Waals surface area contributed by atoms with Crippen LogP contribution in [-0.2, 0) is 6.18 Å². The Kier molecular flexibility index (Phi) is 3.44. The summed E-state index contributed by atoms with van der Waals surface area (Å²) in [6.45, 7) is 2.58. The second-order valence-corrected chi connectivity index (χ2v) is 3.23. The Morgan fingerprint density at radius 2 is 2.00 bits per heavy atom. The van der Waals surface area contributed by atoms with Crippen molar-refractivity contribution in [1.82, 2.24) is 0 Å². The van der Waals surface area contributed by atoms with Crippen LogP contribution in [0.5, 0.6) is 0 Å². The van der Waals surface area contributed by atoms with Gasteiger partial charge in [0.2, 0.25) is 0 Å². The molecule has 0 heterocycles. The van der Waals surface area contributed by atoms with Crippen LogP contribution in [-0.4, -0.2) is 6.54 Å². The quantitative estimate of drug-likeness (QED) is 0.765. The molecule has 0 unspecified atom stereocenters. The first-order chi connectivity index (χ1) is 6.95. The van der Waals surface area contributed by atoms with Gasteiger partial charge in [0.25, 0.3) is 0 Å². The zero-order chi connectivity index (χ0) is 11.5. The molecule has 0 aliphatic heterocycles. The molecule has 1 aromatic rings. The lowest BCUT2D eigenvalue weighted by molar-refractivity contribution is -0.136. The van der Waals surface area contributed by atoms with Crippen molar-refractivity contribution in [3.8, 4) is 0 Å². The molecule has 2 nitrogen and oxygen atoms in total. The van der Waals surface area contributed by atoms with E-state index in [-0.39, 0.29) is 5.69 Å². The number of nitrogens with two attached hydrogens (primary N) is 1. The Labute approximate surface area is 86.3 Å². The summed E-state index contributed by atoms with van der Waals surface area (Å²) >= 11 is 0. The van der Waals surface area contributed by atoms with Crippen LogP contribution in [0.15, 0.2) is 18.2 Å². The van der Waals surface area contributed by atoms with E-state index in [1.54, 1.807) is 6.07 Å². The van der Waals surface area contributed by atoms with E-state index in [1.165, 1.54) is 6.07 Å². The Hall–Kier alpha value is -1.39. The predicted molar refractivity (Wildman–Crippen MR) is 54.6 cm³/mol. The van der Waals surface area contributed by atoms with Gasteiger partial charge in [0.15, 0.2) is 0 Å². The zero-order valence-electron chi connectivity index (χ0n) is 8.36. The molecule has 0 amide bonds. The van der Waals surface area contributed by atoms with Crippen LogP contribution >= 0.6 is 0 Å². The molecule has 0 spiro atoms. The minimum Gasteiger partial charge on any atom is -0.398 e. The predicted octanol–water partition coefficient (Wildman–Crippen LogP) is 3.11.